The monoisotopic (exact) mass is 440 g/mol. The molecule has 0 bridgehead atoms. The molecular formula is C21H18F2N6O3. The Morgan fingerprint density at radius 1 is 1.31 bits per heavy atom. The number of carbonyl (C=O) groups excluding carboxylic acids is 1. The summed E-state index contributed by atoms with van der Waals surface area (Å²) in [6, 6.07) is 9.40. The molecule has 164 valence electrons. The van der Waals surface area contributed by atoms with Gasteiger partial charge in [0, 0.05) is 18.2 Å². The average Bonchev–Trinajstić information content (AvgIpc) is 3.08. The number of amides is 1. The van der Waals surface area contributed by atoms with Gasteiger partial charge in [-0.15, -0.1) is 0 Å². The van der Waals surface area contributed by atoms with Crippen molar-refractivity contribution < 1.29 is 18.5 Å². The van der Waals surface area contributed by atoms with Crippen LogP contribution in [0.15, 0.2) is 36.4 Å². The Kier molecular flexibility index (Phi) is 6.44. The van der Waals surface area contributed by atoms with Crippen molar-refractivity contribution in [2.24, 2.45) is 0 Å². The Hall–Kier alpha value is -4.33. The Morgan fingerprint density at radius 3 is 2.62 bits per heavy atom. The van der Waals surface area contributed by atoms with Crippen molar-refractivity contribution in [2.45, 2.75) is 19.8 Å². The number of aromatic nitrogens is 2. The van der Waals surface area contributed by atoms with E-state index < -0.39 is 28.2 Å². The number of carbonyl (C=O) groups is 1. The fourth-order valence-corrected chi connectivity index (χ4v) is 3.10. The van der Waals surface area contributed by atoms with Crippen LogP contribution in [0, 0.1) is 40.0 Å². The number of halogens is 2. The van der Waals surface area contributed by atoms with E-state index in [1.54, 1.807) is 0 Å². The van der Waals surface area contributed by atoms with Gasteiger partial charge in [0.1, 0.15) is 29.1 Å². The van der Waals surface area contributed by atoms with Gasteiger partial charge >= 0.3 is 0 Å². The number of nitrogens with zero attached hydrogens (tertiary/aromatic N) is 4. The number of nitrogens with two attached hydrogens (primary N) is 1. The highest BCUT2D eigenvalue weighted by molar-refractivity contribution is 5.95. The largest absolute Gasteiger partial charge is 0.382 e. The molecule has 3 N–H and O–H groups in total. The second kappa shape index (κ2) is 9.22. The van der Waals surface area contributed by atoms with Gasteiger partial charge in [-0.05, 0) is 50.1 Å². The second-order valence-corrected chi connectivity index (χ2v) is 6.93. The zero-order valence-electron chi connectivity index (χ0n) is 16.9. The third-order valence-corrected chi connectivity index (χ3v) is 4.83. The van der Waals surface area contributed by atoms with Crippen molar-refractivity contribution in [1.29, 1.82) is 5.26 Å². The van der Waals surface area contributed by atoms with E-state index in [0.29, 0.717) is 24.2 Å². The van der Waals surface area contributed by atoms with Gasteiger partial charge in [-0.25, -0.2) is 13.5 Å². The van der Waals surface area contributed by atoms with E-state index >= 15 is 0 Å². The molecule has 9 nitrogen and oxygen atoms in total. The van der Waals surface area contributed by atoms with Gasteiger partial charge in [0.15, 0.2) is 0 Å². The zero-order valence-corrected chi connectivity index (χ0v) is 16.9. The molecule has 11 heteroatoms. The standard InChI is InChI=1S/C21H18F2N6O3/c1-12-17(23)9-13(10-19(12)29(31)32)21(30)26-8-2-3-18-16(11-24)20(25)28(27-18)15-6-4-14(22)5-7-15/h4-7,9-10H,2-3,8,25H2,1H3,(H,26,30). The molecule has 0 saturated heterocycles. The summed E-state index contributed by atoms with van der Waals surface area (Å²) in [5, 5.41) is 27.3. The van der Waals surface area contributed by atoms with Crippen molar-refractivity contribution >= 4 is 17.4 Å². The van der Waals surface area contributed by atoms with Gasteiger partial charge in [-0.1, -0.05) is 0 Å². The second-order valence-electron chi connectivity index (χ2n) is 6.93. The summed E-state index contributed by atoms with van der Waals surface area (Å²) in [5.41, 5.74) is 6.28. The van der Waals surface area contributed by atoms with E-state index in [0.717, 1.165) is 12.1 Å². The lowest BCUT2D eigenvalue weighted by Crippen LogP contribution is -2.25. The molecule has 1 amide bonds. The average molecular weight is 440 g/mol. The van der Waals surface area contributed by atoms with Crippen molar-refractivity contribution in [2.75, 3.05) is 12.3 Å². The predicted octanol–water partition coefficient (Wildman–Crippen LogP) is 3.18. The summed E-state index contributed by atoms with van der Waals surface area (Å²) in [6.07, 6.45) is 0.667. The van der Waals surface area contributed by atoms with Gasteiger partial charge in [-0.3, -0.25) is 14.9 Å². The number of rotatable bonds is 7. The molecule has 2 aromatic carbocycles. The Morgan fingerprint density at radius 2 is 2.00 bits per heavy atom. The number of anilines is 1. The Balaban J connectivity index is 1.67. The SMILES string of the molecule is Cc1c(F)cc(C(=O)NCCCc2nn(-c3ccc(F)cc3)c(N)c2C#N)cc1[N+](=O)[O-]. The molecule has 0 aliphatic rings. The molecule has 32 heavy (non-hydrogen) atoms. The summed E-state index contributed by atoms with van der Waals surface area (Å²) >= 11 is 0. The first-order chi connectivity index (χ1) is 15.2. The molecule has 3 rings (SSSR count). The molecule has 1 heterocycles. The molecule has 3 aromatic rings. The number of nitro groups is 1. The van der Waals surface area contributed by atoms with E-state index in [2.05, 4.69) is 10.4 Å². The summed E-state index contributed by atoms with van der Waals surface area (Å²) in [6.45, 7) is 1.41. The molecule has 0 saturated carbocycles. The van der Waals surface area contributed by atoms with Gasteiger partial charge < -0.3 is 11.1 Å². The third kappa shape index (κ3) is 4.54. The number of nitro benzene ring substituents is 1. The third-order valence-electron chi connectivity index (χ3n) is 4.83. The van der Waals surface area contributed by atoms with Gasteiger partial charge in [-0.2, -0.15) is 10.4 Å². The van der Waals surface area contributed by atoms with E-state index in [1.807, 2.05) is 6.07 Å². The molecule has 1 aromatic heterocycles. The Bertz CT molecular complexity index is 1230. The fraction of sp³-hybridized carbons (Fsp3) is 0.190. The van der Waals surface area contributed by atoms with E-state index in [9.17, 15) is 29.0 Å². The van der Waals surface area contributed by atoms with Gasteiger partial charge in [0.2, 0.25) is 0 Å². The molecule has 0 aliphatic carbocycles. The van der Waals surface area contributed by atoms with E-state index in [4.69, 9.17) is 5.73 Å². The highest BCUT2D eigenvalue weighted by Crippen LogP contribution is 2.23. The highest BCUT2D eigenvalue weighted by Gasteiger charge is 2.20. The van der Waals surface area contributed by atoms with Crippen molar-refractivity contribution in [3.05, 3.63) is 80.5 Å². The first kappa shape index (κ1) is 22.4. The van der Waals surface area contributed by atoms with Crippen molar-refractivity contribution in [3.63, 3.8) is 0 Å². The summed E-state index contributed by atoms with van der Waals surface area (Å²) in [7, 11) is 0. The van der Waals surface area contributed by atoms with Gasteiger partial charge in [0.05, 0.1) is 21.9 Å². The van der Waals surface area contributed by atoms with Crippen molar-refractivity contribution in [3.8, 4) is 11.8 Å². The number of nitriles is 1. The molecule has 0 spiro atoms. The van der Waals surface area contributed by atoms with Crippen LogP contribution < -0.4 is 11.1 Å². The van der Waals surface area contributed by atoms with Crippen LogP contribution in [0.3, 0.4) is 0 Å². The molecule has 0 atom stereocenters. The number of benzene rings is 2. The minimum absolute atomic E-state index is 0.112. The molecule has 0 unspecified atom stereocenters. The first-order valence-corrected chi connectivity index (χ1v) is 9.49. The van der Waals surface area contributed by atoms with Crippen LogP contribution >= 0.6 is 0 Å². The smallest absolute Gasteiger partial charge is 0.276 e. The number of nitrogen functional groups attached to an aromatic ring is 1. The maximum atomic E-state index is 13.9. The lowest BCUT2D eigenvalue weighted by Gasteiger charge is -2.06. The minimum atomic E-state index is -0.843. The zero-order chi connectivity index (χ0) is 23.4. The number of hydrogen-bond acceptors (Lipinski definition) is 6. The lowest BCUT2D eigenvalue weighted by atomic mass is 10.1. The molecular weight excluding hydrogens is 422 g/mol. The van der Waals surface area contributed by atoms with Crippen LogP contribution in [0.4, 0.5) is 20.3 Å². The number of hydrogen-bond donors (Lipinski definition) is 2. The first-order valence-electron chi connectivity index (χ1n) is 9.49. The van der Waals surface area contributed by atoms with Crippen LogP contribution in [0.1, 0.15) is 33.6 Å². The topological polar surface area (TPSA) is 140 Å². The van der Waals surface area contributed by atoms with Crippen molar-refractivity contribution in [1.82, 2.24) is 15.1 Å². The fourth-order valence-electron chi connectivity index (χ4n) is 3.10. The maximum absolute atomic E-state index is 13.9. The van der Waals surface area contributed by atoms with Crippen LogP contribution in [-0.4, -0.2) is 27.2 Å². The molecule has 0 aliphatic heterocycles. The number of aryl methyl sites for hydroxylation is 1. The van der Waals surface area contributed by atoms with E-state index in [-0.39, 0.29) is 29.1 Å². The normalized spacial score (nSPS) is 10.6. The Labute approximate surface area is 181 Å². The minimum Gasteiger partial charge on any atom is -0.382 e. The molecule has 0 radical (unpaired) electrons. The van der Waals surface area contributed by atoms with Crippen LogP contribution in [0.25, 0.3) is 5.69 Å². The predicted molar refractivity (Wildman–Crippen MR) is 111 cm³/mol. The summed E-state index contributed by atoms with van der Waals surface area (Å²) in [4.78, 5) is 22.5. The lowest BCUT2D eigenvalue weighted by molar-refractivity contribution is -0.385. The van der Waals surface area contributed by atoms with E-state index in [1.165, 1.54) is 35.9 Å². The van der Waals surface area contributed by atoms with Gasteiger partial charge in [0.25, 0.3) is 11.6 Å². The maximum Gasteiger partial charge on any atom is 0.276 e. The number of nitrogens with one attached hydrogen (secondary N) is 1. The summed E-state index contributed by atoms with van der Waals surface area (Å²) < 4.78 is 28.4. The summed E-state index contributed by atoms with van der Waals surface area (Å²) in [5.74, 6) is -1.82. The van der Waals surface area contributed by atoms with Crippen LogP contribution in [0.2, 0.25) is 0 Å². The highest BCUT2D eigenvalue weighted by atomic mass is 19.1. The van der Waals surface area contributed by atoms with Crippen LogP contribution in [-0.2, 0) is 6.42 Å². The molecule has 0 fully saturated rings. The quantitative estimate of drug-likeness (QED) is 0.328. The van der Waals surface area contributed by atoms with Crippen LogP contribution in [0.5, 0.6) is 0 Å².